The quantitative estimate of drug-likeness (QED) is 0.644. The van der Waals surface area contributed by atoms with Gasteiger partial charge < -0.3 is 9.67 Å². The highest BCUT2D eigenvalue weighted by atomic mass is 16.3. The van der Waals surface area contributed by atoms with E-state index in [1.54, 1.807) is 14.0 Å². The molecule has 1 N–H and O–H groups in total. The minimum absolute atomic E-state index is 0.0842. The van der Waals surface area contributed by atoms with E-state index in [-0.39, 0.29) is 5.95 Å². The normalized spacial score (nSPS) is 13.0. The summed E-state index contributed by atoms with van der Waals surface area (Å²) >= 11 is 0. The molecule has 0 saturated heterocycles. The van der Waals surface area contributed by atoms with Gasteiger partial charge in [0.05, 0.1) is 18.0 Å². The van der Waals surface area contributed by atoms with Crippen LogP contribution in [0.5, 0.6) is 0 Å². The molecular formula is C6H9N3O2. The van der Waals surface area contributed by atoms with Crippen LogP contribution in [0.2, 0.25) is 0 Å². The number of aliphatic hydroxyl groups is 1. The van der Waals surface area contributed by atoms with Crippen LogP contribution in [0.25, 0.3) is 0 Å². The summed E-state index contributed by atoms with van der Waals surface area (Å²) < 4.78 is 1.46. The Morgan fingerprint density at radius 2 is 2.45 bits per heavy atom. The highest BCUT2D eigenvalue weighted by Gasteiger charge is 2.09. The van der Waals surface area contributed by atoms with Gasteiger partial charge in [-0.05, 0) is 6.92 Å². The number of nitroso groups, excluding NO2 is 1. The zero-order chi connectivity index (χ0) is 8.43. The Morgan fingerprint density at radius 3 is 2.73 bits per heavy atom. The molecule has 1 atom stereocenters. The molecule has 1 aromatic rings. The van der Waals surface area contributed by atoms with Crippen molar-refractivity contribution in [2.45, 2.75) is 13.0 Å². The first-order valence-corrected chi connectivity index (χ1v) is 3.20. The summed E-state index contributed by atoms with van der Waals surface area (Å²) in [4.78, 5) is 13.7. The Morgan fingerprint density at radius 1 is 1.82 bits per heavy atom. The van der Waals surface area contributed by atoms with Crippen molar-refractivity contribution in [3.63, 3.8) is 0 Å². The maximum atomic E-state index is 10.0. The molecule has 0 aliphatic heterocycles. The summed E-state index contributed by atoms with van der Waals surface area (Å²) in [6, 6.07) is 0. The first kappa shape index (κ1) is 7.87. The van der Waals surface area contributed by atoms with Crippen LogP contribution in [-0.4, -0.2) is 14.7 Å². The van der Waals surface area contributed by atoms with E-state index in [0.717, 1.165) is 0 Å². The van der Waals surface area contributed by atoms with Crippen LogP contribution in [0, 0.1) is 4.91 Å². The Labute approximate surface area is 63.7 Å². The average molecular weight is 155 g/mol. The second kappa shape index (κ2) is 2.79. The number of imidazole rings is 1. The minimum atomic E-state index is -0.622. The van der Waals surface area contributed by atoms with E-state index in [9.17, 15) is 4.91 Å². The van der Waals surface area contributed by atoms with Crippen LogP contribution >= 0.6 is 0 Å². The summed E-state index contributed by atoms with van der Waals surface area (Å²) in [6.07, 6.45) is 0.810. The fourth-order valence-electron chi connectivity index (χ4n) is 0.885. The summed E-state index contributed by atoms with van der Waals surface area (Å²) in [7, 11) is 1.63. The molecular weight excluding hydrogens is 146 g/mol. The minimum Gasteiger partial charge on any atom is -0.387 e. The topological polar surface area (TPSA) is 67.5 Å². The van der Waals surface area contributed by atoms with E-state index in [2.05, 4.69) is 10.2 Å². The molecule has 0 aliphatic carbocycles. The van der Waals surface area contributed by atoms with Gasteiger partial charge in [0.1, 0.15) is 0 Å². The van der Waals surface area contributed by atoms with Gasteiger partial charge >= 0.3 is 0 Å². The number of aliphatic hydroxyl groups excluding tert-OH is 1. The molecule has 1 aromatic heterocycles. The lowest BCUT2D eigenvalue weighted by Gasteiger charge is -2.03. The molecule has 0 aromatic carbocycles. The maximum Gasteiger partial charge on any atom is 0.271 e. The van der Waals surface area contributed by atoms with Crippen LogP contribution in [0.1, 0.15) is 18.7 Å². The van der Waals surface area contributed by atoms with Crippen LogP contribution < -0.4 is 0 Å². The summed E-state index contributed by atoms with van der Waals surface area (Å²) in [5.74, 6) is 0.0842. The molecule has 0 bridgehead atoms. The number of aromatic nitrogens is 2. The Kier molecular flexibility index (Phi) is 2.00. The Balaban J connectivity index is 3.10. The molecule has 11 heavy (non-hydrogen) atoms. The first-order chi connectivity index (χ1) is 5.16. The maximum absolute atomic E-state index is 10.0. The van der Waals surface area contributed by atoms with Gasteiger partial charge in [0.15, 0.2) is 0 Å². The van der Waals surface area contributed by atoms with Crippen LogP contribution in [0.4, 0.5) is 5.95 Å². The smallest absolute Gasteiger partial charge is 0.271 e. The molecule has 5 heteroatoms. The summed E-state index contributed by atoms with van der Waals surface area (Å²) in [6.45, 7) is 1.60. The highest BCUT2D eigenvalue weighted by Crippen LogP contribution is 2.16. The van der Waals surface area contributed by atoms with Crippen molar-refractivity contribution >= 4 is 5.95 Å². The van der Waals surface area contributed by atoms with Crippen molar-refractivity contribution in [2.24, 2.45) is 12.2 Å². The Bertz CT molecular complexity index is 267. The fourth-order valence-corrected chi connectivity index (χ4v) is 0.885. The zero-order valence-corrected chi connectivity index (χ0v) is 6.35. The highest BCUT2D eigenvalue weighted by molar-refractivity contribution is 5.21. The SMILES string of the molecule is CC(O)c1cnc(N=O)n1C. The van der Waals surface area contributed by atoms with E-state index in [4.69, 9.17) is 5.11 Å². The monoisotopic (exact) mass is 155 g/mol. The molecule has 0 aliphatic rings. The van der Waals surface area contributed by atoms with Crippen LogP contribution in [0.3, 0.4) is 0 Å². The molecule has 1 heterocycles. The van der Waals surface area contributed by atoms with Crippen LogP contribution in [0.15, 0.2) is 11.4 Å². The van der Waals surface area contributed by atoms with Crippen molar-refractivity contribution in [1.29, 1.82) is 0 Å². The second-order valence-electron chi connectivity index (χ2n) is 2.31. The molecule has 1 unspecified atom stereocenters. The van der Waals surface area contributed by atoms with Gasteiger partial charge in [0.25, 0.3) is 5.95 Å². The van der Waals surface area contributed by atoms with Crippen molar-refractivity contribution in [2.75, 3.05) is 0 Å². The predicted molar refractivity (Wildman–Crippen MR) is 39.3 cm³/mol. The third kappa shape index (κ3) is 1.27. The van der Waals surface area contributed by atoms with Gasteiger partial charge in [-0.2, -0.15) is 0 Å². The van der Waals surface area contributed by atoms with Crippen molar-refractivity contribution in [3.8, 4) is 0 Å². The van der Waals surface area contributed by atoms with E-state index in [1.165, 1.54) is 10.8 Å². The molecule has 0 fully saturated rings. The first-order valence-electron chi connectivity index (χ1n) is 3.20. The number of hydrogen-bond acceptors (Lipinski definition) is 4. The third-order valence-corrected chi connectivity index (χ3v) is 1.51. The van der Waals surface area contributed by atoms with Crippen molar-refractivity contribution in [3.05, 3.63) is 16.8 Å². The van der Waals surface area contributed by atoms with Gasteiger partial charge in [-0.3, -0.25) is 0 Å². The molecule has 0 amide bonds. The standard InChI is InChI=1S/C6H9N3O2/c1-4(10)5-3-7-6(8-11)9(5)2/h3-4,10H,1-2H3. The van der Waals surface area contributed by atoms with Gasteiger partial charge in [-0.25, -0.2) is 4.98 Å². The largest absolute Gasteiger partial charge is 0.387 e. The Hall–Kier alpha value is -1.23. The van der Waals surface area contributed by atoms with Crippen molar-refractivity contribution in [1.82, 2.24) is 9.55 Å². The van der Waals surface area contributed by atoms with Crippen LogP contribution in [-0.2, 0) is 7.05 Å². The molecule has 0 spiro atoms. The van der Waals surface area contributed by atoms with Gasteiger partial charge in [0.2, 0.25) is 0 Å². The average Bonchev–Trinajstić information content (AvgIpc) is 2.30. The van der Waals surface area contributed by atoms with E-state index >= 15 is 0 Å². The van der Waals surface area contributed by atoms with E-state index in [0.29, 0.717) is 5.69 Å². The summed E-state index contributed by atoms with van der Waals surface area (Å²) in [5.41, 5.74) is 0.583. The fraction of sp³-hybridized carbons (Fsp3) is 0.500. The lowest BCUT2D eigenvalue weighted by Crippen LogP contribution is -1.99. The third-order valence-electron chi connectivity index (χ3n) is 1.51. The van der Waals surface area contributed by atoms with E-state index < -0.39 is 6.10 Å². The summed E-state index contributed by atoms with van der Waals surface area (Å²) in [5, 5.41) is 11.8. The molecule has 0 saturated carbocycles. The molecule has 5 nitrogen and oxygen atoms in total. The number of rotatable bonds is 2. The molecule has 1 rings (SSSR count). The lowest BCUT2D eigenvalue weighted by atomic mass is 10.3. The van der Waals surface area contributed by atoms with E-state index in [1.807, 2.05) is 0 Å². The number of hydrogen-bond donors (Lipinski definition) is 1. The molecule has 60 valence electrons. The van der Waals surface area contributed by atoms with Crippen molar-refractivity contribution < 1.29 is 5.11 Å². The zero-order valence-electron chi connectivity index (χ0n) is 6.35. The molecule has 0 radical (unpaired) electrons. The number of nitrogens with zero attached hydrogens (tertiary/aromatic N) is 3. The van der Waals surface area contributed by atoms with Gasteiger partial charge in [-0.15, -0.1) is 4.91 Å². The van der Waals surface area contributed by atoms with Gasteiger partial charge in [0, 0.05) is 12.2 Å². The lowest BCUT2D eigenvalue weighted by molar-refractivity contribution is 0.191. The second-order valence-corrected chi connectivity index (χ2v) is 2.31. The van der Waals surface area contributed by atoms with Gasteiger partial charge in [-0.1, -0.05) is 0 Å². The predicted octanol–water partition coefficient (Wildman–Crippen LogP) is 0.871.